The molecule has 0 saturated carbocycles. The van der Waals surface area contributed by atoms with Crippen LogP contribution in [0.2, 0.25) is 0 Å². The Kier molecular flexibility index (Phi) is 6.61. The fourth-order valence-electron chi connectivity index (χ4n) is 4.27. The second-order valence-corrected chi connectivity index (χ2v) is 8.61. The summed E-state index contributed by atoms with van der Waals surface area (Å²) in [5.74, 6) is -0.703. The molecule has 1 atom stereocenters. The molecule has 0 radical (unpaired) electrons. The molecule has 0 spiro atoms. The van der Waals surface area contributed by atoms with Crippen LogP contribution in [-0.2, 0) is 4.79 Å². The van der Waals surface area contributed by atoms with E-state index in [9.17, 15) is 18.4 Å². The molecule has 4 aromatic rings. The molecule has 0 aliphatic carbocycles. The van der Waals surface area contributed by atoms with Crippen molar-refractivity contribution in [2.45, 2.75) is 13.0 Å². The van der Waals surface area contributed by atoms with E-state index in [1.54, 1.807) is 50.4 Å². The molecule has 192 valence electrons. The van der Waals surface area contributed by atoms with Crippen molar-refractivity contribution < 1.29 is 23.1 Å². The minimum Gasteiger partial charge on any atom is -0.497 e. The van der Waals surface area contributed by atoms with Gasteiger partial charge in [0.15, 0.2) is 0 Å². The van der Waals surface area contributed by atoms with Crippen LogP contribution in [0.5, 0.6) is 5.75 Å². The first-order valence-electron chi connectivity index (χ1n) is 11.7. The third-order valence-electron chi connectivity index (χ3n) is 6.15. The lowest BCUT2D eigenvalue weighted by atomic mass is 9.94. The summed E-state index contributed by atoms with van der Waals surface area (Å²) < 4.78 is 33.7. The summed E-state index contributed by atoms with van der Waals surface area (Å²) in [7, 11) is 1.55. The summed E-state index contributed by atoms with van der Waals surface area (Å²) in [6.45, 7) is 1.72. The Morgan fingerprint density at radius 3 is 2.03 bits per heavy atom. The Hall–Kier alpha value is -4.99. The van der Waals surface area contributed by atoms with Gasteiger partial charge in [-0.25, -0.2) is 13.5 Å². The lowest BCUT2D eigenvalue weighted by molar-refractivity contribution is -0.113. The zero-order chi connectivity index (χ0) is 26.8. The van der Waals surface area contributed by atoms with Gasteiger partial charge in [0.2, 0.25) is 0 Å². The highest BCUT2D eigenvalue weighted by atomic mass is 19.1. The highest BCUT2D eigenvalue weighted by Gasteiger charge is 2.35. The SMILES string of the molecule is COc1ccc(NC(=O)C2=C(C)Nc3c(C(=O)Nc4ccc(F)cc4)cnn3[C@@H]2c2ccc(F)cc2)cc1. The molecule has 0 fully saturated rings. The topological polar surface area (TPSA) is 97.3 Å². The number of allylic oxidation sites excluding steroid dienone is 1. The Labute approximate surface area is 216 Å². The number of ether oxygens (including phenoxy) is 1. The number of fused-ring (bicyclic) bond motifs is 1. The number of hydrogen-bond donors (Lipinski definition) is 3. The van der Waals surface area contributed by atoms with Crippen molar-refractivity contribution in [3.8, 4) is 5.75 Å². The number of carbonyl (C=O) groups is 2. The Balaban J connectivity index is 1.51. The van der Waals surface area contributed by atoms with E-state index in [0.29, 0.717) is 39.8 Å². The van der Waals surface area contributed by atoms with Gasteiger partial charge in [0.05, 0.1) is 18.9 Å². The fourth-order valence-corrected chi connectivity index (χ4v) is 4.27. The lowest BCUT2D eigenvalue weighted by Crippen LogP contribution is -2.32. The van der Waals surface area contributed by atoms with Crippen LogP contribution in [0.4, 0.5) is 26.0 Å². The van der Waals surface area contributed by atoms with Crippen molar-refractivity contribution in [2.24, 2.45) is 0 Å². The third kappa shape index (κ3) is 4.83. The van der Waals surface area contributed by atoms with Crippen LogP contribution in [0.15, 0.2) is 90.3 Å². The number of methoxy groups -OCH3 is 1. The first kappa shape index (κ1) is 24.7. The second kappa shape index (κ2) is 10.2. The molecule has 3 aromatic carbocycles. The van der Waals surface area contributed by atoms with Crippen LogP contribution in [0.25, 0.3) is 0 Å². The van der Waals surface area contributed by atoms with Gasteiger partial charge in [0, 0.05) is 17.1 Å². The van der Waals surface area contributed by atoms with Gasteiger partial charge in [-0.2, -0.15) is 5.10 Å². The molecule has 0 bridgehead atoms. The molecule has 5 rings (SSSR count). The Morgan fingerprint density at radius 1 is 0.868 bits per heavy atom. The minimum absolute atomic E-state index is 0.218. The molecule has 8 nitrogen and oxygen atoms in total. The number of nitrogens with one attached hydrogen (secondary N) is 3. The van der Waals surface area contributed by atoms with Gasteiger partial charge in [0.25, 0.3) is 11.8 Å². The van der Waals surface area contributed by atoms with Gasteiger partial charge in [-0.1, -0.05) is 12.1 Å². The van der Waals surface area contributed by atoms with Crippen LogP contribution in [0.3, 0.4) is 0 Å². The molecule has 3 N–H and O–H groups in total. The maximum absolute atomic E-state index is 13.8. The molecule has 2 amide bonds. The largest absolute Gasteiger partial charge is 0.497 e. The van der Waals surface area contributed by atoms with Crippen molar-refractivity contribution in [3.05, 3.63) is 113 Å². The number of hydrogen-bond acceptors (Lipinski definition) is 5. The van der Waals surface area contributed by atoms with Crippen LogP contribution in [-0.4, -0.2) is 28.7 Å². The van der Waals surface area contributed by atoms with E-state index in [2.05, 4.69) is 21.0 Å². The quantitative estimate of drug-likeness (QED) is 0.322. The number of rotatable bonds is 6. The maximum Gasteiger partial charge on any atom is 0.261 e. The van der Waals surface area contributed by atoms with Crippen LogP contribution in [0, 0.1) is 11.6 Å². The monoisotopic (exact) mass is 515 g/mol. The first-order chi connectivity index (χ1) is 18.3. The number of anilines is 3. The minimum atomic E-state index is -0.752. The molecule has 38 heavy (non-hydrogen) atoms. The van der Waals surface area contributed by atoms with Gasteiger partial charge in [-0.15, -0.1) is 0 Å². The normalized spacial score (nSPS) is 14.4. The zero-order valence-corrected chi connectivity index (χ0v) is 20.5. The van der Waals surface area contributed by atoms with E-state index in [-0.39, 0.29) is 5.56 Å². The molecular formula is C28H23F2N5O3. The molecule has 10 heteroatoms. The second-order valence-electron chi connectivity index (χ2n) is 8.61. The van der Waals surface area contributed by atoms with Gasteiger partial charge in [0.1, 0.15) is 34.8 Å². The maximum atomic E-state index is 13.8. The summed E-state index contributed by atoms with van der Waals surface area (Å²) in [4.78, 5) is 26.6. The summed E-state index contributed by atoms with van der Waals surface area (Å²) in [6.07, 6.45) is 1.38. The smallest absolute Gasteiger partial charge is 0.261 e. The van der Waals surface area contributed by atoms with Crippen molar-refractivity contribution in [1.82, 2.24) is 9.78 Å². The average Bonchev–Trinajstić information content (AvgIpc) is 3.33. The van der Waals surface area contributed by atoms with Crippen LogP contribution >= 0.6 is 0 Å². The van der Waals surface area contributed by atoms with E-state index in [0.717, 1.165) is 0 Å². The zero-order valence-electron chi connectivity index (χ0n) is 20.5. The van der Waals surface area contributed by atoms with E-state index in [4.69, 9.17) is 4.74 Å². The molecule has 1 aromatic heterocycles. The molecule has 0 saturated heterocycles. The Bertz CT molecular complexity index is 1530. The van der Waals surface area contributed by atoms with Crippen molar-refractivity contribution in [1.29, 1.82) is 0 Å². The van der Waals surface area contributed by atoms with Crippen LogP contribution in [0.1, 0.15) is 28.9 Å². The van der Waals surface area contributed by atoms with Gasteiger partial charge < -0.3 is 20.7 Å². The predicted octanol–water partition coefficient (Wildman–Crippen LogP) is 5.35. The van der Waals surface area contributed by atoms with Crippen LogP contribution < -0.4 is 20.7 Å². The average molecular weight is 516 g/mol. The van der Waals surface area contributed by atoms with E-state index < -0.39 is 29.5 Å². The van der Waals surface area contributed by atoms with E-state index >= 15 is 0 Å². The number of amides is 2. The summed E-state index contributed by atoms with van der Waals surface area (Å²) >= 11 is 0. The lowest BCUT2D eigenvalue weighted by Gasteiger charge is -2.30. The number of halogens is 2. The predicted molar refractivity (Wildman–Crippen MR) is 139 cm³/mol. The molecule has 2 heterocycles. The van der Waals surface area contributed by atoms with Gasteiger partial charge in [-0.3, -0.25) is 9.59 Å². The molecule has 1 aliphatic heterocycles. The fraction of sp³-hybridized carbons (Fsp3) is 0.107. The van der Waals surface area contributed by atoms with Gasteiger partial charge >= 0.3 is 0 Å². The summed E-state index contributed by atoms with van der Waals surface area (Å²) in [5.41, 5.74) is 2.62. The highest BCUT2D eigenvalue weighted by Crippen LogP contribution is 2.38. The first-order valence-corrected chi connectivity index (χ1v) is 11.7. The third-order valence-corrected chi connectivity index (χ3v) is 6.15. The van der Waals surface area contributed by atoms with Crippen molar-refractivity contribution in [2.75, 3.05) is 23.1 Å². The summed E-state index contributed by atoms with van der Waals surface area (Å²) in [5, 5.41) is 13.2. The standard InChI is InChI=1S/C28H23F2N5O3/c1-16-24(28(37)34-21-11-13-22(38-2)14-12-21)25(17-3-5-18(29)6-4-17)35-26(32-16)23(15-31-35)27(36)33-20-9-7-19(30)8-10-20/h3-15,25,32H,1-2H3,(H,33,36)(H,34,37)/t25-/m1/s1. The number of carbonyl (C=O) groups excluding carboxylic acids is 2. The van der Waals surface area contributed by atoms with E-state index in [1.807, 2.05) is 0 Å². The highest BCUT2D eigenvalue weighted by molar-refractivity contribution is 6.09. The van der Waals surface area contributed by atoms with E-state index in [1.165, 1.54) is 47.3 Å². The Morgan fingerprint density at radius 2 is 1.42 bits per heavy atom. The number of aromatic nitrogens is 2. The van der Waals surface area contributed by atoms with Gasteiger partial charge in [-0.05, 0) is 73.2 Å². The summed E-state index contributed by atoms with van der Waals surface area (Å²) in [6, 6.07) is 17.3. The van der Waals surface area contributed by atoms with Crippen molar-refractivity contribution >= 4 is 29.0 Å². The molecule has 1 aliphatic rings. The number of nitrogens with zero attached hydrogens (tertiary/aromatic N) is 2. The molecule has 0 unspecified atom stereocenters. The van der Waals surface area contributed by atoms with Crippen molar-refractivity contribution in [3.63, 3.8) is 0 Å². The molecular weight excluding hydrogens is 492 g/mol. The number of benzene rings is 3.